The zero-order valence-corrected chi connectivity index (χ0v) is 13.3. The van der Waals surface area contributed by atoms with Crippen LogP contribution in [0.15, 0.2) is 30.5 Å². The molecule has 3 nitrogen and oxygen atoms in total. The van der Waals surface area contributed by atoms with Gasteiger partial charge in [-0.3, -0.25) is 0 Å². The van der Waals surface area contributed by atoms with Crippen molar-refractivity contribution in [2.75, 3.05) is 7.11 Å². The van der Waals surface area contributed by atoms with E-state index in [1.807, 2.05) is 12.3 Å². The van der Waals surface area contributed by atoms with Gasteiger partial charge in [0.25, 0.3) is 0 Å². The van der Waals surface area contributed by atoms with E-state index in [4.69, 9.17) is 10.5 Å². The average Bonchev–Trinajstić information content (AvgIpc) is 2.42. The SMILES string of the molecule is COc1cc([As]CCCC(C)N)c2ncccc2c1. The molecule has 0 aliphatic carbocycles. The molecule has 0 fully saturated rings. The van der Waals surface area contributed by atoms with Gasteiger partial charge < -0.3 is 0 Å². The molecule has 19 heavy (non-hydrogen) atoms. The minimum atomic E-state index is 0.127. The summed E-state index contributed by atoms with van der Waals surface area (Å²) in [5, 5.41) is 2.40. The van der Waals surface area contributed by atoms with Crippen LogP contribution in [0, 0.1) is 0 Å². The second-order valence-electron chi connectivity index (χ2n) is 4.72. The summed E-state index contributed by atoms with van der Waals surface area (Å²) in [6.07, 6.45) is 4.16. The van der Waals surface area contributed by atoms with Crippen LogP contribution in [0.3, 0.4) is 0 Å². The fourth-order valence-corrected chi connectivity index (χ4v) is 4.38. The molecule has 1 radical (unpaired) electrons. The Balaban J connectivity index is 2.16. The quantitative estimate of drug-likeness (QED) is 0.655. The van der Waals surface area contributed by atoms with Gasteiger partial charge in [0.15, 0.2) is 0 Å². The maximum absolute atomic E-state index is 5.79. The summed E-state index contributed by atoms with van der Waals surface area (Å²) in [4.78, 5) is 4.51. The van der Waals surface area contributed by atoms with Crippen LogP contribution in [0.1, 0.15) is 19.8 Å². The molecule has 2 rings (SSSR count). The molecule has 0 aliphatic rings. The second kappa shape index (κ2) is 6.93. The first-order valence-corrected chi connectivity index (χ1v) is 8.83. The Morgan fingerprint density at radius 1 is 1.42 bits per heavy atom. The second-order valence-corrected chi connectivity index (χ2v) is 7.34. The molecule has 0 spiro atoms. The third-order valence-electron chi connectivity index (χ3n) is 2.99. The standard InChI is InChI=1S/C15H20AsN2O/c1-11(17)5-3-7-16-14-10-13(19-2)9-12-6-4-8-18-15(12)14/h4,6,8-11H,3,5,7,17H2,1-2H3. The summed E-state index contributed by atoms with van der Waals surface area (Å²) in [5.41, 5.74) is 6.91. The normalized spacial score (nSPS) is 13.2. The third-order valence-corrected chi connectivity index (χ3v) is 5.56. The topological polar surface area (TPSA) is 48.1 Å². The Bertz CT molecular complexity index is 543. The fourth-order valence-electron chi connectivity index (χ4n) is 2.00. The molecule has 2 N–H and O–H groups in total. The van der Waals surface area contributed by atoms with Crippen molar-refractivity contribution in [2.45, 2.75) is 31.0 Å². The van der Waals surface area contributed by atoms with E-state index in [-0.39, 0.29) is 15.8 Å². The van der Waals surface area contributed by atoms with Crippen LogP contribution in [-0.2, 0) is 0 Å². The van der Waals surface area contributed by atoms with Crippen LogP contribution in [0.25, 0.3) is 10.9 Å². The van der Waals surface area contributed by atoms with E-state index >= 15 is 0 Å². The summed E-state index contributed by atoms with van der Waals surface area (Å²) in [6.45, 7) is 2.07. The molecule has 1 heterocycles. The first kappa shape index (κ1) is 14.4. The van der Waals surface area contributed by atoms with Gasteiger partial charge in [-0.25, -0.2) is 0 Å². The van der Waals surface area contributed by atoms with E-state index in [2.05, 4.69) is 30.1 Å². The van der Waals surface area contributed by atoms with Gasteiger partial charge in [-0.15, -0.1) is 0 Å². The molecule has 101 valence electrons. The molecule has 0 saturated heterocycles. The molecule has 4 heteroatoms. The van der Waals surface area contributed by atoms with Gasteiger partial charge in [-0.2, -0.15) is 0 Å². The van der Waals surface area contributed by atoms with Gasteiger partial charge in [0, 0.05) is 0 Å². The predicted molar refractivity (Wildman–Crippen MR) is 81.4 cm³/mol. The van der Waals surface area contributed by atoms with Crippen molar-refractivity contribution in [3.05, 3.63) is 30.5 Å². The van der Waals surface area contributed by atoms with E-state index in [1.54, 1.807) is 7.11 Å². The van der Waals surface area contributed by atoms with Crippen molar-refractivity contribution >= 4 is 31.0 Å². The molecule has 1 aromatic heterocycles. The van der Waals surface area contributed by atoms with Gasteiger partial charge in [-0.1, -0.05) is 0 Å². The summed E-state index contributed by atoms with van der Waals surface area (Å²) < 4.78 is 6.73. The number of methoxy groups -OCH3 is 1. The molecule has 1 aromatic carbocycles. The minimum absolute atomic E-state index is 0.127. The summed E-state index contributed by atoms with van der Waals surface area (Å²) >= 11 is 0.127. The number of benzene rings is 1. The van der Waals surface area contributed by atoms with Crippen LogP contribution in [-0.4, -0.2) is 33.9 Å². The van der Waals surface area contributed by atoms with Crippen molar-refractivity contribution in [1.82, 2.24) is 4.98 Å². The molecule has 0 saturated carbocycles. The first-order chi connectivity index (χ1) is 9.20. The molecular formula is C15H20AsN2O. The van der Waals surface area contributed by atoms with E-state index < -0.39 is 0 Å². The number of pyridine rings is 1. The number of hydrogen-bond acceptors (Lipinski definition) is 3. The van der Waals surface area contributed by atoms with Crippen molar-refractivity contribution in [3.63, 3.8) is 0 Å². The number of nitrogens with zero attached hydrogens (tertiary/aromatic N) is 1. The van der Waals surface area contributed by atoms with Crippen LogP contribution in [0.5, 0.6) is 5.75 Å². The van der Waals surface area contributed by atoms with Gasteiger partial charge in [-0.05, 0) is 0 Å². The van der Waals surface area contributed by atoms with Crippen LogP contribution < -0.4 is 14.8 Å². The van der Waals surface area contributed by atoms with E-state index in [1.165, 1.54) is 21.4 Å². The number of ether oxygens (including phenoxy) is 1. The Morgan fingerprint density at radius 3 is 3.00 bits per heavy atom. The summed E-state index contributed by atoms with van der Waals surface area (Å²) in [5.74, 6) is 0.929. The van der Waals surface area contributed by atoms with Crippen molar-refractivity contribution in [3.8, 4) is 5.75 Å². The van der Waals surface area contributed by atoms with E-state index in [9.17, 15) is 0 Å². The Morgan fingerprint density at radius 2 is 2.26 bits per heavy atom. The molecule has 0 amide bonds. The number of nitrogens with two attached hydrogens (primary N) is 1. The van der Waals surface area contributed by atoms with Crippen LogP contribution in [0.2, 0.25) is 5.21 Å². The molecular weight excluding hydrogens is 299 g/mol. The molecule has 2 aromatic rings. The number of hydrogen-bond donors (Lipinski definition) is 1. The Hall–Kier alpha value is -1.05. The molecule has 1 unspecified atom stereocenters. The van der Waals surface area contributed by atoms with E-state index in [0.717, 1.165) is 17.7 Å². The van der Waals surface area contributed by atoms with Crippen molar-refractivity contribution in [2.24, 2.45) is 5.73 Å². The van der Waals surface area contributed by atoms with E-state index in [0.29, 0.717) is 6.04 Å². The molecule has 1 atom stereocenters. The van der Waals surface area contributed by atoms with Gasteiger partial charge >= 0.3 is 121 Å². The van der Waals surface area contributed by atoms with Crippen LogP contribution >= 0.6 is 0 Å². The maximum atomic E-state index is 5.79. The third kappa shape index (κ3) is 3.95. The monoisotopic (exact) mass is 319 g/mol. The van der Waals surface area contributed by atoms with Gasteiger partial charge in [0.2, 0.25) is 0 Å². The fraction of sp³-hybridized carbons (Fsp3) is 0.400. The predicted octanol–water partition coefficient (Wildman–Crippen LogP) is 2.12. The Kier molecular flexibility index (Phi) is 5.23. The summed E-state index contributed by atoms with van der Waals surface area (Å²) in [6, 6.07) is 8.56. The molecule has 0 bridgehead atoms. The number of aromatic nitrogens is 1. The van der Waals surface area contributed by atoms with Crippen molar-refractivity contribution in [1.29, 1.82) is 0 Å². The zero-order chi connectivity index (χ0) is 13.7. The zero-order valence-electron chi connectivity index (χ0n) is 11.5. The van der Waals surface area contributed by atoms with Crippen LogP contribution in [0.4, 0.5) is 0 Å². The van der Waals surface area contributed by atoms with Gasteiger partial charge in [0.05, 0.1) is 0 Å². The summed E-state index contributed by atoms with van der Waals surface area (Å²) in [7, 11) is 1.72. The average molecular weight is 319 g/mol. The number of fused-ring (bicyclic) bond motifs is 1. The van der Waals surface area contributed by atoms with Crippen molar-refractivity contribution < 1.29 is 4.74 Å². The van der Waals surface area contributed by atoms with Gasteiger partial charge in [0.1, 0.15) is 0 Å². The Labute approximate surface area is 121 Å². The molecule has 0 aliphatic heterocycles. The first-order valence-electron chi connectivity index (χ1n) is 6.56. The number of rotatable bonds is 6.